The Hall–Kier alpha value is -1.43. The molecule has 2 heterocycles. The van der Waals surface area contributed by atoms with E-state index >= 15 is 0 Å². The highest BCUT2D eigenvalue weighted by Gasteiger charge is 2.36. The van der Waals surface area contributed by atoms with Gasteiger partial charge in [0.1, 0.15) is 5.01 Å². The van der Waals surface area contributed by atoms with Crippen LogP contribution >= 0.6 is 11.3 Å². The lowest BCUT2D eigenvalue weighted by Gasteiger charge is -2.02. The van der Waals surface area contributed by atoms with E-state index in [2.05, 4.69) is 9.97 Å². The van der Waals surface area contributed by atoms with Crippen LogP contribution in [-0.4, -0.2) is 9.97 Å². The monoisotopic (exact) mass is 286 g/mol. The number of aryl methyl sites for hydroxylation is 2. The van der Waals surface area contributed by atoms with Crippen LogP contribution in [0.5, 0.6) is 0 Å². The lowest BCUT2D eigenvalue weighted by molar-refractivity contribution is -0.141. The lowest BCUT2D eigenvalue weighted by atomic mass is 10.2. The minimum absolute atomic E-state index is 0.191. The highest BCUT2D eigenvalue weighted by atomic mass is 32.1. The van der Waals surface area contributed by atoms with Crippen molar-refractivity contribution in [3.8, 4) is 10.6 Å². The molecule has 0 aliphatic rings. The van der Waals surface area contributed by atoms with Crippen LogP contribution in [0.3, 0.4) is 0 Å². The summed E-state index contributed by atoms with van der Waals surface area (Å²) in [6, 6.07) is 3.50. The Balaban J connectivity index is 2.40. The zero-order valence-corrected chi connectivity index (χ0v) is 11.4. The van der Waals surface area contributed by atoms with Gasteiger partial charge in [-0.05, 0) is 25.5 Å². The van der Waals surface area contributed by atoms with Crippen LogP contribution in [0.4, 0.5) is 13.2 Å². The zero-order chi connectivity index (χ0) is 14.0. The molecule has 0 spiro atoms. The highest BCUT2D eigenvalue weighted by Crippen LogP contribution is 2.37. The first kappa shape index (κ1) is 14.0. The normalized spacial score (nSPS) is 11.8. The number of hydrogen-bond acceptors (Lipinski definition) is 3. The van der Waals surface area contributed by atoms with Crippen LogP contribution < -0.4 is 0 Å². The fraction of sp³-hybridized carbons (Fsp3) is 0.385. The molecule has 0 fully saturated rings. The van der Waals surface area contributed by atoms with E-state index in [4.69, 9.17) is 0 Å². The van der Waals surface area contributed by atoms with Crippen molar-refractivity contribution < 1.29 is 13.2 Å². The number of hydrogen-bond donors (Lipinski definition) is 0. The molecule has 0 N–H and O–H groups in total. The zero-order valence-electron chi connectivity index (χ0n) is 10.6. The van der Waals surface area contributed by atoms with Crippen LogP contribution in [0.1, 0.15) is 29.6 Å². The first-order valence-electron chi connectivity index (χ1n) is 5.91. The maximum atomic E-state index is 12.7. The Morgan fingerprint density at radius 3 is 2.63 bits per heavy atom. The molecule has 2 nitrogen and oxygen atoms in total. The van der Waals surface area contributed by atoms with Crippen LogP contribution in [0.25, 0.3) is 10.6 Å². The average Bonchev–Trinajstić information content (AvgIpc) is 2.72. The smallest absolute Gasteiger partial charge is 0.261 e. The van der Waals surface area contributed by atoms with Gasteiger partial charge >= 0.3 is 6.18 Å². The van der Waals surface area contributed by atoms with Crippen molar-refractivity contribution in [2.75, 3.05) is 0 Å². The van der Waals surface area contributed by atoms with Crippen molar-refractivity contribution >= 4 is 11.3 Å². The largest absolute Gasteiger partial charge is 0.434 e. The number of alkyl halides is 3. The maximum Gasteiger partial charge on any atom is 0.434 e. The van der Waals surface area contributed by atoms with E-state index in [1.807, 2.05) is 13.0 Å². The van der Waals surface area contributed by atoms with Gasteiger partial charge in [0.2, 0.25) is 0 Å². The molecular weight excluding hydrogens is 273 g/mol. The third-order valence-corrected chi connectivity index (χ3v) is 3.65. The number of nitrogens with zero attached hydrogens (tertiary/aromatic N) is 2. The van der Waals surface area contributed by atoms with Crippen molar-refractivity contribution in [1.82, 2.24) is 9.97 Å². The molecule has 2 aromatic rings. The van der Waals surface area contributed by atoms with Gasteiger partial charge in [0.05, 0.1) is 0 Å². The quantitative estimate of drug-likeness (QED) is 0.831. The summed E-state index contributed by atoms with van der Waals surface area (Å²) in [5, 5.41) is 0.393. The molecule has 0 radical (unpaired) electrons. The lowest BCUT2D eigenvalue weighted by Crippen LogP contribution is -2.06. The molecule has 0 unspecified atom stereocenters. The van der Waals surface area contributed by atoms with Crippen molar-refractivity contribution in [2.24, 2.45) is 0 Å². The van der Waals surface area contributed by atoms with Gasteiger partial charge in [0.15, 0.2) is 5.69 Å². The van der Waals surface area contributed by atoms with Gasteiger partial charge in [-0.2, -0.15) is 13.2 Å². The van der Waals surface area contributed by atoms with E-state index in [1.54, 1.807) is 12.3 Å². The minimum atomic E-state index is -4.39. The van der Waals surface area contributed by atoms with E-state index < -0.39 is 11.9 Å². The molecule has 0 atom stereocenters. The minimum Gasteiger partial charge on any atom is -0.261 e. The third-order valence-electron chi connectivity index (χ3n) is 2.63. The van der Waals surface area contributed by atoms with Gasteiger partial charge in [-0.3, -0.25) is 4.98 Å². The second kappa shape index (κ2) is 5.28. The molecular formula is C13H13F3N2S. The Bertz CT molecular complexity index is 576. The summed E-state index contributed by atoms with van der Waals surface area (Å²) in [5.74, 6) is 0. The van der Waals surface area contributed by atoms with Gasteiger partial charge in [0.25, 0.3) is 0 Å². The van der Waals surface area contributed by atoms with Crippen molar-refractivity contribution in [1.29, 1.82) is 0 Å². The first-order chi connectivity index (χ1) is 8.91. The highest BCUT2D eigenvalue weighted by molar-refractivity contribution is 7.15. The molecule has 0 bridgehead atoms. The first-order valence-corrected chi connectivity index (χ1v) is 6.73. The molecule has 2 rings (SSSR count). The van der Waals surface area contributed by atoms with Crippen LogP contribution in [0, 0.1) is 6.92 Å². The van der Waals surface area contributed by atoms with Gasteiger partial charge in [0, 0.05) is 22.3 Å². The van der Waals surface area contributed by atoms with Crippen molar-refractivity contribution in [2.45, 2.75) is 32.9 Å². The second-order valence-corrected chi connectivity index (χ2v) is 5.41. The standard InChI is InChI=1S/C13H13F3N2S/c1-3-4-10-7-9(5-6-17-10)12-18-11(8(2)19-12)13(14,15)16/h5-7H,3-4H2,1-2H3. The number of halogens is 3. The summed E-state index contributed by atoms with van der Waals surface area (Å²) in [7, 11) is 0. The second-order valence-electron chi connectivity index (χ2n) is 4.21. The van der Waals surface area contributed by atoms with Gasteiger partial charge in [-0.25, -0.2) is 4.98 Å². The summed E-state index contributed by atoms with van der Waals surface area (Å²) >= 11 is 1.06. The van der Waals surface area contributed by atoms with Crippen LogP contribution in [0.15, 0.2) is 18.3 Å². The van der Waals surface area contributed by atoms with E-state index in [-0.39, 0.29) is 4.88 Å². The van der Waals surface area contributed by atoms with Gasteiger partial charge < -0.3 is 0 Å². The fourth-order valence-electron chi connectivity index (χ4n) is 1.79. The molecule has 19 heavy (non-hydrogen) atoms. The number of aromatic nitrogens is 2. The van der Waals surface area contributed by atoms with Crippen molar-refractivity contribution in [3.05, 3.63) is 34.6 Å². The molecule has 2 aromatic heterocycles. The molecule has 0 saturated heterocycles. The number of pyridine rings is 1. The average molecular weight is 286 g/mol. The summed E-state index contributed by atoms with van der Waals surface area (Å²) < 4.78 is 38.1. The molecule has 0 aliphatic carbocycles. The molecule has 0 aromatic carbocycles. The summed E-state index contributed by atoms with van der Waals surface area (Å²) in [4.78, 5) is 8.10. The van der Waals surface area contributed by atoms with Crippen LogP contribution in [0.2, 0.25) is 0 Å². The van der Waals surface area contributed by atoms with Gasteiger partial charge in [-0.1, -0.05) is 13.3 Å². The topological polar surface area (TPSA) is 25.8 Å². The molecule has 102 valence electrons. The predicted molar refractivity (Wildman–Crippen MR) is 69.1 cm³/mol. The number of rotatable bonds is 3. The Morgan fingerprint density at radius 1 is 1.32 bits per heavy atom. The summed E-state index contributed by atoms with van der Waals surface area (Å²) in [6.07, 6.45) is -1.02. The Kier molecular flexibility index (Phi) is 3.89. The summed E-state index contributed by atoms with van der Waals surface area (Å²) in [6.45, 7) is 3.47. The van der Waals surface area contributed by atoms with Gasteiger partial charge in [-0.15, -0.1) is 11.3 Å². The SMILES string of the molecule is CCCc1cc(-c2nc(C(F)(F)F)c(C)s2)ccn1. The maximum absolute atomic E-state index is 12.7. The Morgan fingerprint density at radius 2 is 2.05 bits per heavy atom. The third kappa shape index (κ3) is 3.12. The molecule has 0 amide bonds. The van der Waals surface area contributed by atoms with E-state index in [0.29, 0.717) is 10.6 Å². The number of thiazole rings is 1. The van der Waals surface area contributed by atoms with E-state index in [0.717, 1.165) is 29.9 Å². The molecule has 6 heteroatoms. The van der Waals surface area contributed by atoms with Crippen molar-refractivity contribution in [3.63, 3.8) is 0 Å². The molecule has 0 aliphatic heterocycles. The fourth-order valence-corrected chi connectivity index (χ4v) is 2.72. The van der Waals surface area contributed by atoms with E-state index in [1.165, 1.54) is 6.92 Å². The predicted octanol–water partition coefficient (Wildman–Crippen LogP) is 4.48. The van der Waals surface area contributed by atoms with Crippen LogP contribution in [-0.2, 0) is 12.6 Å². The Labute approximate surface area is 113 Å². The summed E-state index contributed by atoms with van der Waals surface area (Å²) in [5.41, 5.74) is 0.782. The molecule has 0 saturated carbocycles. The van der Waals surface area contributed by atoms with E-state index in [9.17, 15) is 13.2 Å².